The van der Waals surface area contributed by atoms with Gasteiger partial charge in [-0.15, -0.1) is 0 Å². The largest absolute Gasteiger partial charge is 0.445 e. The summed E-state index contributed by atoms with van der Waals surface area (Å²) in [5.74, 6) is -0.109. The molecule has 21 heavy (non-hydrogen) atoms. The molecular formula is C16H20N2O3. The summed E-state index contributed by atoms with van der Waals surface area (Å²) in [6.07, 6.45) is 2.90. The second-order valence-corrected chi connectivity index (χ2v) is 4.99. The van der Waals surface area contributed by atoms with Gasteiger partial charge in [0.2, 0.25) is 0 Å². The van der Waals surface area contributed by atoms with Crippen molar-refractivity contribution in [2.24, 2.45) is 0 Å². The van der Waals surface area contributed by atoms with Gasteiger partial charge in [-0.3, -0.25) is 4.79 Å². The van der Waals surface area contributed by atoms with Gasteiger partial charge in [-0.1, -0.05) is 30.9 Å². The Balaban J connectivity index is 1.88. The number of nitrogens with one attached hydrogen (secondary N) is 1. The molecule has 0 aliphatic carbocycles. The van der Waals surface area contributed by atoms with Crippen LogP contribution in [-0.2, 0) is 4.74 Å². The SMILES string of the molecule is C=CCOC(=O)N1CCCC(NC(=O)c2ccccc2)C1. The lowest BCUT2D eigenvalue weighted by Crippen LogP contribution is -2.49. The van der Waals surface area contributed by atoms with Crippen LogP contribution in [0.15, 0.2) is 43.0 Å². The van der Waals surface area contributed by atoms with Crippen molar-refractivity contribution in [2.75, 3.05) is 19.7 Å². The van der Waals surface area contributed by atoms with E-state index in [0.29, 0.717) is 18.7 Å². The zero-order chi connectivity index (χ0) is 15.1. The summed E-state index contributed by atoms with van der Waals surface area (Å²) in [6, 6.07) is 9.03. The molecule has 0 radical (unpaired) electrons. The molecule has 1 aliphatic rings. The summed E-state index contributed by atoms with van der Waals surface area (Å²) >= 11 is 0. The first-order chi connectivity index (χ1) is 10.2. The Hall–Kier alpha value is -2.30. The molecule has 0 spiro atoms. The number of hydrogen-bond donors (Lipinski definition) is 1. The summed E-state index contributed by atoms with van der Waals surface area (Å²) in [5, 5.41) is 2.97. The Morgan fingerprint density at radius 2 is 2.14 bits per heavy atom. The monoisotopic (exact) mass is 288 g/mol. The number of ether oxygens (including phenoxy) is 1. The van der Waals surface area contributed by atoms with E-state index in [1.807, 2.05) is 18.2 Å². The molecule has 1 N–H and O–H groups in total. The average molecular weight is 288 g/mol. The first-order valence-corrected chi connectivity index (χ1v) is 7.09. The lowest BCUT2D eigenvalue weighted by molar-refractivity contribution is 0.0838. The summed E-state index contributed by atoms with van der Waals surface area (Å²) in [6.45, 7) is 4.86. The Morgan fingerprint density at radius 3 is 2.86 bits per heavy atom. The maximum atomic E-state index is 12.1. The normalized spacial score (nSPS) is 17.9. The number of nitrogens with zero attached hydrogens (tertiary/aromatic N) is 1. The predicted molar refractivity (Wildman–Crippen MR) is 80.0 cm³/mol. The molecule has 0 bridgehead atoms. The first-order valence-electron chi connectivity index (χ1n) is 7.09. The number of carbonyl (C=O) groups excluding carboxylic acids is 2. The number of carbonyl (C=O) groups is 2. The smallest absolute Gasteiger partial charge is 0.410 e. The maximum absolute atomic E-state index is 12.1. The van der Waals surface area contributed by atoms with Crippen molar-refractivity contribution in [3.8, 4) is 0 Å². The van der Waals surface area contributed by atoms with Crippen LogP contribution in [0.1, 0.15) is 23.2 Å². The van der Waals surface area contributed by atoms with E-state index in [-0.39, 0.29) is 24.6 Å². The standard InChI is InChI=1S/C16H20N2O3/c1-2-11-21-16(20)18-10-6-9-14(12-18)17-15(19)13-7-4-3-5-8-13/h2-5,7-8,14H,1,6,9-12H2,(H,17,19). The van der Waals surface area contributed by atoms with Gasteiger partial charge >= 0.3 is 6.09 Å². The topological polar surface area (TPSA) is 58.6 Å². The third-order valence-corrected chi connectivity index (χ3v) is 3.38. The summed E-state index contributed by atoms with van der Waals surface area (Å²) in [4.78, 5) is 25.5. The van der Waals surface area contributed by atoms with Gasteiger partial charge in [0.05, 0.1) is 0 Å². The zero-order valence-electron chi connectivity index (χ0n) is 12.0. The number of amides is 2. The minimum absolute atomic E-state index is 0.0391. The third-order valence-electron chi connectivity index (χ3n) is 3.38. The second-order valence-electron chi connectivity index (χ2n) is 4.99. The van der Waals surface area contributed by atoms with E-state index in [1.165, 1.54) is 6.08 Å². The van der Waals surface area contributed by atoms with Crippen molar-refractivity contribution in [1.82, 2.24) is 10.2 Å². The highest BCUT2D eigenvalue weighted by molar-refractivity contribution is 5.94. The van der Waals surface area contributed by atoms with E-state index < -0.39 is 0 Å². The molecule has 5 nitrogen and oxygen atoms in total. The molecule has 2 rings (SSSR count). The third kappa shape index (κ3) is 4.34. The molecule has 0 aromatic heterocycles. The number of piperidine rings is 1. The maximum Gasteiger partial charge on any atom is 0.410 e. The van der Waals surface area contributed by atoms with Gasteiger partial charge in [-0.25, -0.2) is 4.79 Å². The van der Waals surface area contributed by atoms with E-state index in [9.17, 15) is 9.59 Å². The van der Waals surface area contributed by atoms with Gasteiger partial charge in [-0.05, 0) is 25.0 Å². The number of likely N-dealkylation sites (tertiary alicyclic amines) is 1. The fourth-order valence-corrected chi connectivity index (χ4v) is 2.34. The molecule has 112 valence electrons. The van der Waals surface area contributed by atoms with Gasteiger partial charge in [-0.2, -0.15) is 0 Å². The Labute approximate surface area is 124 Å². The summed E-state index contributed by atoms with van der Waals surface area (Å²) in [5.41, 5.74) is 0.629. The van der Waals surface area contributed by atoms with Crippen molar-refractivity contribution in [3.05, 3.63) is 48.6 Å². The van der Waals surface area contributed by atoms with Crippen molar-refractivity contribution in [3.63, 3.8) is 0 Å². The average Bonchev–Trinajstić information content (AvgIpc) is 2.53. The highest BCUT2D eigenvalue weighted by Gasteiger charge is 2.25. The van der Waals surface area contributed by atoms with E-state index in [1.54, 1.807) is 17.0 Å². The van der Waals surface area contributed by atoms with E-state index in [4.69, 9.17) is 4.74 Å². The van der Waals surface area contributed by atoms with Gasteiger partial charge in [0.25, 0.3) is 5.91 Å². The number of rotatable bonds is 4. The van der Waals surface area contributed by atoms with Crippen LogP contribution in [0.3, 0.4) is 0 Å². The number of hydrogen-bond acceptors (Lipinski definition) is 3. The van der Waals surface area contributed by atoms with Crippen molar-refractivity contribution in [1.29, 1.82) is 0 Å². The summed E-state index contributed by atoms with van der Waals surface area (Å²) < 4.78 is 5.02. The Bertz CT molecular complexity index is 502. The van der Waals surface area contributed by atoms with Crippen LogP contribution in [0, 0.1) is 0 Å². The summed E-state index contributed by atoms with van der Waals surface area (Å²) in [7, 11) is 0. The molecule has 2 amide bonds. The molecule has 1 atom stereocenters. The van der Waals surface area contributed by atoms with Crippen molar-refractivity contribution in [2.45, 2.75) is 18.9 Å². The molecular weight excluding hydrogens is 268 g/mol. The van der Waals surface area contributed by atoms with Gasteiger partial charge in [0.15, 0.2) is 0 Å². The predicted octanol–water partition coefficient (Wildman–Crippen LogP) is 2.20. The minimum Gasteiger partial charge on any atom is -0.445 e. The molecule has 1 aliphatic heterocycles. The molecule has 1 heterocycles. The van der Waals surface area contributed by atoms with Gasteiger partial charge < -0.3 is 15.0 Å². The van der Waals surface area contributed by atoms with Crippen LogP contribution in [-0.4, -0.2) is 42.6 Å². The molecule has 1 unspecified atom stereocenters. The highest BCUT2D eigenvalue weighted by Crippen LogP contribution is 2.12. The van der Waals surface area contributed by atoms with Crippen LogP contribution >= 0.6 is 0 Å². The fourth-order valence-electron chi connectivity index (χ4n) is 2.34. The van der Waals surface area contributed by atoms with Crippen LogP contribution in [0.2, 0.25) is 0 Å². The van der Waals surface area contributed by atoms with Crippen molar-refractivity contribution >= 4 is 12.0 Å². The Kier molecular flexibility index (Phi) is 5.37. The quantitative estimate of drug-likeness (QED) is 0.864. The van der Waals surface area contributed by atoms with E-state index in [0.717, 1.165) is 12.8 Å². The van der Waals surface area contributed by atoms with Crippen molar-refractivity contribution < 1.29 is 14.3 Å². The Morgan fingerprint density at radius 1 is 1.38 bits per heavy atom. The lowest BCUT2D eigenvalue weighted by Gasteiger charge is -2.32. The second kappa shape index (κ2) is 7.47. The van der Waals surface area contributed by atoms with Gasteiger partial charge in [0.1, 0.15) is 6.61 Å². The highest BCUT2D eigenvalue weighted by atomic mass is 16.6. The molecule has 1 aromatic carbocycles. The lowest BCUT2D eigenvalue weighted by atomic mass is 10.1. The molecule has 0 saturated carbocycles. The molecule has 1 saturated heterocycles. The molecule has 1 fully saturated rings. The van der Waals surface area contributed by atoms with E-state index in [2.05, 4.69) is 11.9 Å². The molecule has 5 heteroatoms. The minimum atomic E-state index is -0.353. The first kappa shape index (κ1) is 15.1. The number of benzene rings is 1. The van der Waals surface area contributed by atoms with Crippen LogP contribution < -0.4 is 5.32 Å². The van der Waals surface area contributed by atoms with E-state index >= 15 is 0 Å². The van der Waals surface area contributed by atoms with Crippen LogP contribution in [0.25, 0.3) is 0 Å². The molecule has 1 aromatic rings. The zero-order valence-corrected chi connectivity index (χ0v) is 12.0. The van der Waals surface area contributed by atoms with Crippen LogP contribution in [0.4, 0.5) is 4.79 Å². The fraction of sp³-hybridized carbons (Fsp3) is 0.375. The van der Waals surface area contributed by atoms with Gasteiger partial charge in [0, 0.05) is 24.7 Å². The van der Waals surface area contributed by atoms with Crippen LogP contribution in [0.5, 0.6) is 0 Å².